The van der Waals surface area contributed by atoms with Crippen LogP contribution in [0.4, 0.5) is 0 Å². The maximum atomic E-state index is 11.5. The van der Waals surface area contributed by atoms with Gasteiger partial charge in [-0.3, -0.25) is 4.79 Å². The number of carbonyl (C=O) groups is 1. The summed E-state index contributed by atoms with van der Waals surface area (Å²) >= 11 is 0. The normalized spacial score (nSPS) is 30.6. The molecule has 4 heteroatoms. The average molecular weight is 296 g/mol. The van der Waals surface area contributed by atoms with E-state index in [2.05, 4.69) is 18.7 Å². The van der Waals surface area contributed by atoms with Crippen molar-refractivity contribution in [2.75, 3.05) is 13.1 Å². The fourth-order valence-corrected chi connectivity index (χ4v) is 4.27. The van der Waals surface area contributed by atoms with Crippen LogP contribution in [0.5, 0.6) is 0 Å². The molecule has 0 bridgehead atoms. The molecule has 3 N–H and O–H groups in total. The van der Waals surface area contributed by atoms with Gasteiger partial charge >= 0.3 is 5.97 Å². The van der Waals surface area contributed by atoms with Crippen molar-refractivity contribution >= 4 is 5.97 Å². The van der Waals surface area contributed by atoms with Gasteiger partial charge in [-0.05, 0) is 50.5 Å². The third-order valence-electron chi connectivity index (χ3n) is 5.48. The number of carboxylic acids is 1. The number of hydrogen-bond acceptors (Lipinski definition) is 3. The van der Waals surface area contributed by atoms with E-state index in [1.165, 1.54) is 25.7 Å². The lowest BCUT2D eigenvalue weighted by Crippen LogP contribution is -2.52. The van der Waals surface area contributed by atoms with Gasteiger partial charge in [0.05, 0.1) is 0 Å². The number of rotatable bonds is 7. The molecule has 0 aromatic carbocycles. The Morgan fingerprint density at radius 3 is 2.52 bits per heavy atom. The van der Waals surface area contributed by atoms with E-state index < -0.39 is 11.5 Å². The third kappa shape index (κ3) is 3.98. The van der Waals surface area contributed by atoms with Crippen molar-refractivity contribution in [2.24, 2.45) is 17.6 Å². The fourth-order valence-electron chi connectivity index (χ4n) is 4.27. The first-order chi connectivity index (χ1) is 9.93. The number of nitrogens with zero attached hydrogens (tertiary/aromatic N) is 1. The molecule has 2 unspecified atom stereocenters. The number of hydrogen-bond donors (Lipinski definition) is 2. The minimum atomic E-state index is -0.973. The van der Waals surface area contributed by atoms with Gasteiger partial charge in [-0.25, -0.2) is 0 Å². The summed E-state index contributed by atoms with van der Waals surface area (Å²) < 4.78 is 0. The van der Waals surface area contributed by atoms with Gasteiger partial charge in [0, 0.05) is 12.6 Å². The standard InChI is InChI=1S/C17H32N2O2/c1-13(2)12-19(15-7-3-4-8-15)11-9-14-6-5-10-17(14,18)16(20)21/h13-15H,3-12,18H2,1-2H3,(H,20,21). The van der Waals surface area contributed by atoms with Crippen LogP contribution < -0.4 is 5.73 Å². The second-order valence-electron chi connectivity index (χ2n) is 7.55. The quantitative estimate of drug-likeness (QED) is 0.758. The monoisotopic (exact) mass is 296 g/mol. The van der Waals surface area contributed by atoms with Crippen molar-refractivity contribution in [3.63, 3.8) is 0 Å². The van der Waals surface area contributed by atoms with Gasteiger partial charge < -0.3 is 15.7 Å². The molecule has 0 heterocycles. The van der Waals surface area contributed by atoms with Crippen LogP contribution in [0.2, 0.25) is 0 Å². The van der Waals surface area contributed by atoms with E-state index in [1.807, 2.05) is 0 Å². The molecule has 21 heavy (non-hydrogen) atoms. The zero-order valence-electron chi connectivity index (χ0n) is 13.7. The van der Waals surface area contributed by atoms with Gasteiger partial charge in [0.25, 0.3) is 0 Å². The average Bonchev–Trinajstić information content (AvgIpc) is 3.04. The summed E-state index contributed by atoms with van der Waals surface area (Å²) in [5.41, 5.74) is 5.20. The molecule has 0 aromatic heterocycles. The van der Waals surface area contributed by atoms with Crippen LogP contribution in [0.1, 0.15) is 65.2 Å². The van der Waals surface area contributed by atoms with Crippen molar-refractivity contribution in [3.8, 4) is 0 Å². The molecule has 2 aliphatic carbocycles. The number of carboxylic acid groups (broad SMARTS) is 1. The first-order valence-electron chi connectivity index (χ1n) is 8.70. The molecule has 2 atom stereocenters. The molecule has 0 spiro atoms. The van der Waals surface area contributed by atoms with Crippen molar-refractivity contribution in [2.45, 2.75) is 76.8 Å². The summed E-state index contributed by atoms with van der Waals surface area (Å²) in [4.78, 5) is 14.1. The molecule has 0 amide bonds. The van der Waals surface area contributed by atoms with Crippen molar-refractivity contribution in [1.29, 1.82) is 0 Å². The zero-order chi connectivity index (χ0) is 15.5. The SMILES string of the molecule is CC(C)CN(CCC1CCCC1(N)C(=O)O)C1CCCC1. The third-order valence-corrected chi connectivity index (χ3v) is 5.48. The second kappa shape index (κ2) is 7.10. The molecule has 0 aliphatic heterocycles. The molecule has 0 saturated heterocycles. The Kier molecular flexibility index (Phi) is 5.67. The van der Waals surface area contributed by atoms with Gasteiger partial charge in [-0.15, -0.1) is 0 Å². The lowest BCUT2D eigenvalue weighted by molar-refractivity contribution is -0.144. The van der Waals surface area contributed by atoms with Crippen molar-refractivity contribution < 1.29 is 9.90 Å². The summed E-state index contributed by atoms with van der Waals surface area (Å²) in [7, 11) is 0. The largest absolute Gasteiger partial charge is 0.480 e. The van der Waals surface area contributed by atoms with Crippen LogP contribution in [0, 0.1) is 11.8 Å². The van der Waals surface area contributed by atoms with Crippen LogP contribution in [-0.2, 0) is 4.79 Å². The Bertz CT molecular complexity index is 353. The Balaban J connectivity index is 1.92. The lowest BCUT2D eigenvalue weighted by atomic mass is 9.85. The minimum absolute atomic E-state index is 0.145. The highest BCUT2D eigenvalue weighted by Gasteiger charge is 2.45. The van der Waals surface area contributed by atoms with Crippen LogP contribution in [0.25, 0.3) is 0 Å². The number of aliphatic carboxylic acids is 1. The van der Waals surface area contributed by atoms with E-state index in [0.717, 1.165) is 32.4 Å². The van der Waals surface area contributed by atoms with Gasteiger partial charge in [0.1, 0.15) is 5.54 Å². The Morgan fingerprint density at radius 2 is 1.95 bits per heavy atom. The second-order valence-corrected chi connectivity index (χ2v) is 7.55. The molecule has 2 rings (SSSR count). The molecular weight excluding hydrogens is 264 g/mol. The molecule has 2 aliphatic rings. The maximum Gasteiger partial charge on any atom is 0.323 e. The molecule has 0 radical (unpaired) electrons. The molecule has 0 aromatic rings. The van der Waals surface area contributed by atoms with Gasteiger partial charge in [0.15, 0.2) is 0 Å². The first kappa shape index (κ1) is 16.8. The summed E-state index contributed by atoms with van der Waals surface area (Å²) in [6.45, 7) is 6.67. The van der Waals surface area contributed by atoms with E-state index in [9.17, 15) is 9.90 Å². The molecular formula is C17H32N2O2. The Morgan fingerprint density at radius 1 is 1.29 bits per heavy atom. The summed E-state index contributed by atoms with van der Waals surface area (Å²) in [5.74, 6) is 0.00336. The highest BCUT2D eigenvalue weighted by Crippen LogP contribution is 2.37. The number of nitrogens with two attached hydrogens (primary N) is 1. The molecule has 4 nitrogen and oxygen atoms in total. The summed E-state index contributed by atoms with van der Waals surface area (Å²) in [5, 5.41) is 9.43. The van der Waals surface area contributed by atoms with E-state index in [0.29, 0.717) is 18.4 Å². The molecule has 2 saturated carbocycles. The van der Waals surface area contributed by atoms with E-state index in [1.54, 1.807) is 0 Å². The molecule has 2 fully saturated rings. The van der Waals surface area contributed by atoms with Crippen LogP contribution >= 0.6 is 0 Å². The zero-order valence-corrected chi connectivity index (χ0v) is 13.7. The predicted molar refractivity (Wildman–Crippen MR) is 85.2 cm³/mol. The Labute approximate surface area is 129 Å². The molecule has 122 valence electrons. The fraction of sp³-hybridized carbons (Fsp3) is 0.941. The minimum Gasteiger partial charge on any atom is -0.480 e. The first-order valence-corrected chi connectivity index (χ1v) is 8.70. The van der Waals surface area contributed by atoms with Gasteiger partial charge in [-0.1, -0.05) is 33.1 Å². The van der Waals surface area contributed by atoms with Crippen LogP contribution in [-0.4, -0.2) is 40.6 Å². The topological polar surface area (TPSA) is 66.6 Å². The van der Waals surface area contributed by atoms with E-state index in [-0.39, 0.29) is 5.92 Å². The van der Waals surface area contributed by atoms with Crippen LogP contribution in [0.15, 0.2) is 0 Å². The van der Waals surface area contributed by atoms with Gasteiger partial charge in [0.2, 0.25) is 0 Å². The van der Waals surface area contributed by atoms with Crippen molar-refractivity contribution in [1.82, 2.24) is 4.90 Å². The summed E-state index contributed by atoms with van der Waals surface area (Å²) in [6.07, 6.45) is 8.82. The highest BCUT2D eigenvalue weighted by atomic mass is 16.4. The van der Waals surface area contributed by atoms with Crippen LogP contribution in [0.3, 0.4) is 0 Å². The highest BCUT2D eigenvalue weighted by molar-refractivity contribution is 5.79. The Hall–Kier alpha value is -0.610. The van der Waals surface area contributed by atoms with Gasteiger partial charge in [-0.2, -0.15) is 0 Å². The lowest BCUT2D eigenvalue weighted by Gasteiger charge is -2.33. The summed E-state index contributed by atoms with van der Waals surface area (Å²) in [6, 6.07) is 0.714. The maximum absolute atomic E-state index is 11.5. The van der Waals surface area contributed by atoms with Crippen molar-refractivity contribution in [3.05, 3.63) is 0 Å². The van der Waals surface area contributed by atoms with E-state index in [4.69, 9.17) is 5.73 Å². The predicted octanol–water partition coefficient (Wildman–Crippen LogP) is 2.86. The smallest absolute Gasteiger partial charge is 0.323 e. The van der Waals surface area contributed by atoms with E-state index >= 15 is 0 Å².